The Hall–Kier alpha value is -1.79. The number of allylic oxidation sites excluding steroid dienone is 1. The van der Waals surface area contributed by atoms with Crippen LogP contribution >= 0.6 is 11.3 Å². The first kappa shape index (κ1) is 11.7. The highest BCUT2D eigenvalue weighted by Crippen LogP contribution is 2.30. The molecule has 2 rings (SSSR count). The normalized spacial score (nSPS) is 12.2. The fraction of sp³-hybridized carbons (Fsp3) is 0.214. The van der Waals surface area contributed by atoms with E-state index in [1.54, 1.807) is 11.3 Å². The van der Waals surface area contributed by atoms with Crippen molar-refractivity contribution in [1.29, 1.82) is 5.26 Å². The van der Waals surface area contributed by atoms with Crippen molar-refractivity contribution in [1.82, 2.24) is 0 Å². The lowest BCUT2D eigenvalue weighted by Gasteiger charge is -2.03. The van der Waals surface area contributed by atoms with Crippen LogP contribution in [0, 0.1) is 11.3 Å². The molecule has 0 spiro atoms. The summed E-state index contributed by atoms with van der Waals surface area (Å²) in [4.78, 5) is 0. The van der Waals surface area contributed by atoms with Crippen molar-refractivity contribution in [3.63, 3.8) is 0 Å². The lowest BCUT2D eigenvalue weighted by Crippen LogP contribution is -2.00. The summed E-state index contributed by atoms with van der Waals surface area (Å²) >= 11 is 1.66. The van der Waals surface area contributed by atoms with Gasteiger partial charge < -0.3 is 5.73 Å². The van der Waals surface area contributed by atoms with Gasteiger partial charge in [0.15, 0.2) is 0 Å². The molecular weight excluding hydrogens is 228 g/mol. The molecule has 0 bridgehead atoms. The molecule has 0 fully saturated rings. The average Bonchev–Trinajstić information content (AvgIpc) is 2.79. The maximum absolute atomic E-state index is 9.11. The van der Waals surface area contributed by atoms with Gasteiger partial charge >= 0.3 is 0 Å². The second-order valence-corrected chi connectivity index (χ2v) is 4.81. The van der Waals surface area contributed by atoms with E-state index in [-0.39, 0.29) is 0 Å². The van der Waals surface area contributed by atoms with E-state index in [1.165, 1.54) is 4.70 Å². The van der Waals surface area contributed by atoms with E-state index in [2.05, 4.69) is 25.1 Å². The van der Waals surface area contributed by atoms with Crippen LogP contribution in [0.15, 0.2) is 35.2 Å². The van der Waals surface area contributed by atoms with Crippen LogP contribution in [-0.4, -0.2) is 0 Å². The van der Waals surface area contributed by atoms with Gasteiger partial charge in [-0.15, -0.1) is 11.3 Å². The number of fused-ring (bicyclic) bond motifs is 1. The zero-order chi connectivity index (χ0) is 12.3. The number of thiophene rings is 1. The topological polar surface area (TPSA) is 49.8 Å². The van der Waals surface area contributed by atoms with E-state index in [0.29, 0.717) is 11.3 Å². The molecule has 1 heterocycles. The lowest BCUT2D eigenvalue weighted by molar-refractivity contribution is 0.929. The third-order valence-electron chi connectivity index (χ3n) is 2.73. The van der Waals surface area contributed by atoms with Crippen LogP contribution < -0.4 is 5.73 Å². The molecule has 86 valence electrons. The summed E-state index contributed by atoms with van der Waals surface area (Å²) in [5, 5.41) is 12.3. The third kappa shape index (κ3) is 2.17. The Bertz CT molecular complexity index is 602. The van der Waals surface area contributed by atoms with Gasteiger partial charge in [0.05, 0.1) is 17.3 Å². The van der Waals surface area contributed by atoms with Gasteiger partial charge in [0.2, 0.25) is 0 Å². The van der Waals surface area contributed by atoms with Crippen molar-refractivity contribution in [2.24, 2.45) is 5.73 Å². The molecule has 2 N–H and O–H groups in total. The van der Waals surface area contributed by atoms with Crippen molar-refractivity contribution in [3.05, 3.63) is 40.8 Å². The molecule has 0 radical (unpaired) electrons. The molecule has 3 heteroatoms. The molecule has 0 aliphatic heterocycles. The second kappa shape index (κ2) is 5.03. The Morgan fingerprint density at radius 2 is 2.18 bits per heavy atom. The predicted molar refractivity (Wildman–Crippen MR) is 73.5 cm³/mol. The molecule has 0 saturated heterocycles. The number of rotatable bonds is 3. The minimum absolute atomic E-state index is 0.631. The highest BCUT2D eigenvalue weighted by molar-refractivity contribution is 7.17. The highest BCUT2D eigenvalue weighted by Gasteiger charge is 2.10. The van der Waals surface area contributed by atoms with E-state index in [1.807, 2.05) is 17.5 Å². The number of nitrogens with two attached hydrogens (primary N) is 1. The standard InChI is InChI=1S/C14H14N2S/c1-2-5-10(8-15)14(16)12-9-17-13-7-4-3-6-11(12)13/h3-4,6-7,9H,2,5,16H2,1H3/b14-10-. The smallest absolute Gasteiger partial charge is 0.0968 e. The van der Waals surface area contributed by atoms with Gasteiger partial charge in [-0.2, -0.15) is 5.26 Å². The molecule has 1 aromatic carbocycles. The third-order valence-corrected chi connectivity index (χ3v) is 3.69. The largest absolute Gasteiger partial charge is 0.397 e. The maximum Gasteiger partial charge on any atom is 0.0968 e. The minimum atomic E-state index is 0.631. The summed E-state index contributed by atoms with van der Waals surface area (Å²) in [6.07, 6.45) is 1.68. The van der Waals surface area contributed by atoms with Gasteiger partial charge in [0.25, 0.3) is 0 Å². The van der Waals surface area contributed by atoms with Crippen molar-refractivity contribution in [2.75, 3.05) is 0 Å². The van der Waals surface area contributed by atoms with Crippen molar-refractivity contribution in [3.8, 4) is 6.07 Å². The fourth-order valence-electron chi connectivity index (χ4n) is 1.85. The summed E-state index contributed by atoms with van der Waals surface area (Å²) < 4.78 is 1.21. The molecule has 2 aromatic rings. The first-order valence-electron chi connectivity index (χ1n) is 5.63. The Morgan fingerprint density at radius 3 is 2.88 bits per heavy atom. The molecule has 1 aromatic heterocycles. The highest BCUT2D eigenvalue weighted by atomic mass is 32.1. The van der Waals surface area contributed by atoms with Gasteiger partial charge in [-0.25, -0.2) is 0 Å². The van der Waals surface area contributed by atoms with E-state index in [9.17, 15) is 0 Å². The SMILES string of the molecule is CCC/C(C#N)=C(/N)c1csc2ccccc12. The molecule has 0 amide bonds. The van der Waals surface area contributed by atoms with Crippen LogP contribution in [0.1, 0.15) is 25.3 Å². The second-order valence-electron chi connectivity index (χ2n) is 3.90. The molecule has 0 atom stereocenters. The molecule has 0 unspecified atom stereocenters. The zero-order valence-corrected chi connectivity index (χ0v) is 10.6. The monoisotopic (exact) mass is 242 g/mol. The minimum Gasteiger partial charge on any atom is -0.397 e. The number of benzene rings is 1. The van der Waals surface area contributed by atoms with Crippen molar-refractivity contribution in [2.45, 2.75) is 19.8 Å². The first-order valence-corrected chi connectivity index (χ1v) is 6.51. The van der Waals surface area contributed by atoms with E-state index >= 15 is 0 Å². The van der Waals surface area contributed by atoms with Crippen LogP contribution in [0.5, 0.6) is 0 Å². The zero-order valence-electron chi connectivity index (χ0n) is 9.73. The van der Waals surface area contributed by atoms with Crippen molar-refractivity contribution < 1.29 is 0 Å². The van der Waals surface area contributed by atoms with Crippen LogP contribution in [0.2, 0.25) is 0 Å². The van der Waals surface area contributed by atoms with Gasteiger partial charge in [0, 0.05) is 21.0 Å². The number of hydrogen-bond acceptors (Lipinski definition) is 3. The first-order chi connectivity index (χ1) is 8.27. The van der Waals surface area contributed by atoms with Gasteiger partial charge in [0.1, 0.15) is 0 Å². The summed E-state index contributed by atoms with van der Waals surface area (Å²) in [5.41, 5.74) is 8.43. The number of hydrogen-bond donors (Lipinski definition) is 1. The Balaban J connectivity index is 2.57. The summed E-state index contributed by atoms with van der Waals surface area (Å²) in [6.45, 7) is 2.05. The van der Waals surface area contributed by atoms with E-state index < -0.39 is 0 Å². The van der Waals surface area contributed by atoms with Crippen LogP contribution in [0.4, 0.5) is 0 Å². The fourth-order valence-corrected chi connectivity index (χ4v) is 2.81. The van der Waals surface area contributed by atoms with Gasteiger partial charge in [-0.1, -0.05) is 31.5 Å². The van der Waals surface area contributed by atoms with Gasteiger partial charge in [-0.3, -0.25) is 0 Å². The molecule has 17 heavy (non-hydrogen) atoms. The molecule has 0 aliphatic rings. The summed E-state index contributed by atoms with van der Waals surface area (Å²) in [6, 6.07) is 10.3. The lowest BCUT2D eigenvalue weighted by atomic mass is 10.0. The van der Waals surface area contributed by atoms with E-state index in [0.717, 1.165) is 23.8 Å². The Morgan fingerprint density at radius 1 is 1.41 bits per heavy atom. The molecule has 0 aliphatic carbocycles. The molecular formula is C14H14N2S. The number of nitrogens with zero attached hydrogens (tertiary/aromatic N) is 1. The predicted octanol–water partition coefficient (Wildman–Crippen LogP) is 3.89. The molecule has 0 saturated carbocycles. The Labute approximate surface area is 105 Å². The van der Waals surface area contributed by atoms with Gasteiger partial charge in [-0.05, 0) is 12.5 Å². The van der Waals surface area contributed by atoms with Crippen molar-refractivity contribution >= 4 is 27.1 Å². The maximum atomic E-state index is 9.11. The Kier molecular flexibility index (Phi) is 3.46. The average molecular weight is 242 g/mol. The molecule has 2 nitrogen and oxygen atoms in total. The van der Waals surface area contributed by atoms with E-state index in [4.69, 9.17) is 11.0 Å². The summed E-state index contributed by atoms with van der Waals surface area (Å²) in [7, 11) is 0. The van der Waals surface area contributed by atoms with Crippen LogP contribution in [0.3, 0.4) is 0 Å². The van der Waals surface area contributed by atoms with Crippen LogP contribution in [-0.2, 0) is 0 Å². The number of nitriles is 1. The van der Waals surface area contributed by atoms with Crippen LogP contribution in [0.25, 0.3) is 15.8 Å². The summed E-state index contributed by atoms with van der Waals surface area (Å²) in [5.74, 6) is 0. The quantitative estimate of drug-likeness (QED) is 0.830.